The minimum absolute atomic E-state index is 0. The Balaban J connectivity index is -0.0000000450. The van der Waals surface area contributed by atoms with Crippen LogP contribution < -0.4 is 0 Å². The van der Waals surface area contributed by atoms with Crippen LogP contribution in [-0.4, -0.2) is 11.2 Å². The molecule has 0 aromatic heterocycles. The van der Waals surface area contributed by atoms with E-state index in [4.69, 9.17) is 10.6 Å². The fraction of sp³-hybridized carbons (Fsp3) is 0. The van der Waals surface area contributed by atoms with Gasteiger partial charge in [0.05, 0.1) is 0 Å². The zero-order valence-corrected chi connectivity index (χ0v) is 6.14. The van der Waals surface area contributed by atoms with Crippen LogP contribution in [0.5, 0.6) is 0 Å². The summed E-state index contributed by atoms with van der Waals surface area (Å²) in [4.78, 5) is 0. The molecule has 5 heteroatoms. The Kier molecular flexibility index (Phi) is 52.7. The number of rotatable bonds is 0. The molecule has 0 saturated carbocycles. The van der Waals surface area contributed by atoms with Crippen LogP contribution in [0.3, 0.4) is 0 Å². The molecule has 38 valence electrons. The molecule has 0 aliphatic rings. The van der Waals surface area contributed by atoms with E-state index in [1.165, 1.54) is 6.01 Å². The summed E-state index contributed by atoms with van der Waals surface area (Å²) in [5.41, 5.74) is 0. The number of hydrogen-bond acceptors (Lipinski definition) is 3. The molecule has 0 aliphatic carbocycles. The van der Waals surface area contributed by atoms with Gasteiger partial charge in [-0.3, -0.25) is 0 Å². The van der Waals surface area contributed by atoms with Crippen molar-refractivity contribution >= 4 is 40.0 Å². The lowest BCUT2D eigenvalue weighted by molar-refractivity contribution is 0.322. The fourth-order valence-corrected chi connectivity index (χ4v) is 0. The third kappa shape index (κ3) is 31.4. The molecule has 0 bridgehead atoms. The first kappa shape index (κ1) is 16.5. The van der Waals surface area contributed by atoms with Gasteiger partial charge in [0.15, 0.2) is 0 Å². The zero-order valence-electron chi connectivity index (χ0n) is 2.71. The highest BCUT2D eigenvalue weighted by atomic mass is 79.9. The molecule has 3 nitrogen and oxygen atoms in total. The first-order chi connectivity index (χ1) is 1.91. The van der Waals surface area contributed by atoms with Gasteiger partial charge < -0.3 is 5.21 Å². The molecule has 2 N–H and O–H groups in total. The predicted molar refractivity (Wildman–Crippen MR) is 32.6 cm³/mol. The van der Waals surface area contributed by atoms with Crippen LogP contribution in [0.1, 0.15) is 0 Å². The molecule has 6 heavy (non-hydrogen) atoms. The van der Waals surface area contributed by atoms with Gasteiger partial charge >= 0.3 is 0 Å². The van der Waals surface area contributed by atoms with Gasteiger partial charge in [-0.1, -0.05) is 0 Å². The number of hydrogen-bond donors (Lipinski definition) is 2. The van der Waals surface area contributed by atoms with E-state index in [1.54, 1.807) is 0 Å². The average molecular weight is 220 g/mol. The van der Waals surface area contributed by atoms with Gasteiger partial charge in [0.25, 0.3) is 0 Å². The van der Waals surface area contributed by atoms with Crippen LogP contribution in [0, 0.1) is 5.41 Å². The van der Waals surface area contributed by atoms with Crippen molar-refractivity contribution in [3.63, 3.8) is 0 Å². The van der Waals surface area contributed by atoms with Crippen molar-refractivity contribution in [3.05, 3.63) is 0 Å². The van der Waals surface area contributed by atoms with Gasteiger partial charge in [-0.15, -0.1) is 34.0 Å². The predicted octanol–water partition coefficient (Wildman–Crippen LogP) is 1.28. The Morgan fingerprint density at radius 2 is 1.67 bits per heavy atom. The Morgan fingerprint density at radius 3 is 1.67 bits per heavy atom. The Bertz CT molecular complexity index is 49.5. The van der Waals surface area contributed by atoms with E-state index in [0.717, 1.165) is 0 Å². The smallest absolute Gasteiger partial charge is 0.132 e. The monoisotopic (exact) mass is 218 g/mol. The van der Waals surface area contributed by atoms with Crippen LogP contribution in [0.15, 0.2) is 5.16 Å². The summed E-state index contributed by atoms with van der Waals surface area (Å²) in [6, 6.07) is 1.36. The molecule has 0 amide bonds. The van der Waals surface area contributed by atoms with Crippen LogP contribution in [0.4, 0.5) is 0 Å². The van der Waals surface area contributed by atoms with Gasteiger partial charge in [-0.05, 0) is 5.16 Å². The normalized spacial score (nSPS) is 2.67. The molecular formula is CH4Br2N2O. The maximum atomic E-state index is 7.20. The molecule has 0 rings (SSSR count). The highest BCUT2D eigenvalue weighted by Gasteiger charge is 1.24. The highest BCUT2D eigenvalue weighted by molar-refractivity contribution is 8.93. The quantitative estimate of drug-likeness (QED) is 0.360. The van der Waals surface area contributed by atoms with Crippen molar-refractivity contribution in [3.8, 4) is 0 Å². The first-order valence-electron chi connectivity index (χ1n) is 0.674. The molecule has 0 heterocycles. The van der Waals surface area contributed by atoms with E-state index in [2.05, 4.69) is 5.16 Å². The summed E-state index contributed by atoms with van der Waals surface area (Å²) in [6.45, 7) is 0. The van der Waals surface area contributed by atoms with Crippen molar-refractivity contribution in [1.29, 1.82) is 5.41 Å². The SMILES string of the molecule is Br.Br.N=C=NO. The fourth-order valence-electron chi connectivity index (χ4n) is 0. The maximum absolute atomic E-state index is 7.20. The lowest BCUT2D eigenvalue weighted by Crippen LogP contribution is -1.38. The van der Waals surface area contributed by atoms with Gasteiger partial charge in [-0.2, -0.15) is 0 Å². The van der Waals surface area contributed by atoms with Crippen molar-refractivity contribution in [1.82, 2.24) is 0 Å². The van der Waals surface area contributed by atoms with E-state index < -0.39 is 0 Å². The number of halogens is 2. The van der Waals surface area contributed by atoms with Crippen LogP contribution in [0.2, 0.25) is 0 Å². The average Bonchev–Trinajstić information content (AvgIpc) is 1.37. The summed E-state index contributed by atoms with van der Waals surface area (Å²) in [5, 5.41) is 15.1. The molecule has 0 fully saturated rings. The van der Waals surface area contributed by atoms with Gasteiger partial charge in [0.1, 0.15) is 6.01 Å². The molecule has 0 saturated heterocycles. The Labute approximate surface area is 56.1 Å². The van der Waals surface area contributed by atoms with E-state index in [-0.39, 0.29) is 34.0 Å². The lowest BCUT2D eigenvalue weighted by Gasteiger charge is -1.43. The van der Waals surface area contributed by atoms with E-state index in [1.807, 2.05) is 0 Å². The van der Waals surface area contributed by atoms with E-state index >= 15 is 0 Å². The van der Waals surface area contributed by atoms with Crippen molar-refractivity contribution in [2.45, 2.75) is 0 Å². The lowest BCUT2D eigenvalue weighted by atomic mass is 11.6. The minimum atomic E-state index is 0. The summed E-state index contributed by atoms with van der Waals surface area (Å²) < 4.78 is 0. The second kappa shape index (κ2) is 19.2. The Morgan fingerprint density at radius 1 is 1.50 bits per heavy atom. The van der Waals surface area contributed by atoms with Crippen molar-refractivity contribution in [2.75, 3.05) is 0 Å². The first-order valence-corrected chi connectivity index (χ1v) is 0.674. The maximum Gasteiger partial charge on any atom is 0.132 e. The summed E-state index contributed by atoms with van der Waals surface area (Å²) in [7, 11) is 0. The third-order valence-electron chi connectivity index (χ3n) is 0.0500. The topological polar surface area (TPSA) is 56.4 Å². The molecule has 0 atom stereocenters. The highest BCUT2D eigenvalue weighted by Crippen LogP contribution is 1.27. The van der Waals surface area contributed by atoms with Crippen LogP contribution >= 0.6 is 34.0 Å². The second-order valence-electron chi connectivity index (χ2n) is 0.212. The summed E-state index contributed by atoms with van der Waals surface area (Å²) in [6.07, 6.45) is 0. The molecule has 0 unspecified atom stereocenters. The number of nitrogens with one attached hydrogen (secondary N) is 1. The largest absolute Gasteiger partial charge is 0.403 e. The molecule has 0 aliphatic heterocycles. The van der Waals surface area contributed by atoms with Gasteiger partial charge in [-0.25, -0.2) is 5.41 Å². The van der Waals surface area contributed by atoms with Crippen LogP contribution in [0.25, 0.3) is 0 Å². The van der Waals surface area contributed by atoms with Gasteiger partial charge in [0, 0.05) is 0 Å². The summed E-state index contributed by atoms with van der Waals surface area (Å²) >= 11 is 0. The molecular weight excluding hydrogens is 216 g/mol. The van der Waals surface area contributed by atoms with Crippen molar-refractivity contribution in [2.24, 2.45) is 5.16 Å². The second-order valence-corrected chi connectivity index (χ2v) is 0.212. The van der Waals surface area contributed by atoms with E-state index in [9.17, 15) is 0 Å². The van der Waals surface area contributed by atoms with Gasteiger partial charge in [0.2, 0.25) is 0 Å². The number of nitrogens with zero attached hydrogens (tertiary/aromatic N) is 1. The summed E-state index contributed by atoms with van der Waals surface area (Å²) in [5.74, 6) is 0. The Hall–Kier alpha value is 0.140. The van der Waals surface area contributed by atoms with E-state index in [0.29, 0.717) is 0 Å². The molecule has 0 radical (unpaired) electrons. The standard InChI is InChI=1S/CH2N2O.2BrH/c2-1-3-4;;/h2,4H;2*1H. The third-order valence-corrected chi connectivity index (χ3v) is 0.0500. The molecule has 0 spiro atoms. The molecule has 0 aromatic rings. The zero-order chi connectivity index (χ0) is 3.41. The van der Waals surface area contributed by atoms with Crippen molar-refractivity contribution < 1.29 is 5.21 Å². The molecule has 0 aromatic carbocycles. The van der Waals surface area contributed by atoms with Crippen LogP contribution in [-0.2, 0) is 0 Å². The minimum Gasteiger partial charge on any atom is -0.403 e.